The Hall–Kier alpha value is -3.83. The van der Waals surface area contributed by atoms with E-state index in [9.17, 15) is 19.5 Å². The molecule has 1 atom stereocenters. The van der Waals surface area contributed by atoms with Gasteiger partial charge in [-0.05, 0) is 38.8 Å². The van der Waals surface area contributed by atoms with Crippen molar-refractivity contribution in [3.8, 4) is 0 Å². The molecule has 0 fully saturated rings. The molecule has 0 saturated heterocycles. The molecule has 0 bridgehead atoms. The van der Waals surface area contributed by atoms with Gasteiger partial charge in [-0.25, -0.2) is 4.79 Å². The van der Waals surface area contributed by atoms with Crippen molar-refractivity contribution in [2.24, 2.45) is 0 Å². The van der Waals surface area contributed by atoms with E-state index >= 15 is 0 Å². The summed E-state index contributed by atoms with van der Waals surface area (Å²) in [6.45, 7) is 7.18. The van der Waals surface area contributed by atoms with Crippen LogP contribution in [0.5, 0.6) is 0 Å². The molecule has 1 amide bonds. The zero-order chi connectivity index (χ0) is 18.8. The normalized spacial score (nSPS) is 12.2. The molecule has 146 valence electrons. The summed E-state index contributed by atoms with van der Waals surface area (Å²) >= 11 is 0. The minimum atomic E-state index is -1.17. The molecule has 0 aliphatic rings. The number of carbonyl (C=O) groups excluding carboxylic acids is 2. The zero-order valence-electron chi connectivity index (χ0n) is 14.9. The van der Waals surface area contributed by atoms with E-state index in [1.807, 2.05) is 25.1 Å². The number of amides is 1. The largest absolute Gasteiger partial charge is 0.520 e. The smallest absolute Gasteiger partial charge is 0.419 e. The Kier molecular flexibility index (Phi) is 5.74. The molecule has 8 heteroatoms. The van der Waals surface area contributed by atoms with Crippen molar-refractivity contribution in [3.05, 3.63) is 35.5 Å². The molecule has 0 saturated carbocycles. The van der Waals surface area contributed by atoms with Crippen molar-refractivity contribution in [2.45, 2.75) is 45.8 Å². The number of aliphatic carboxylic acids is 1. The number of ether oxygens (including phenoxy) is 1. The van der Waals surface area contributed by atoms with E-state index in [1.165, 1.54) is 11.0 Å². The summed E-state index contributed by atoms with van der Waals surface area (Å²) in [6.07, 6.45) is 2.46. The number of carboxylic acid groups (broad SMARTS) is 1. The van der Waals surface area contributed by atoms with E-state index in [-0.39, 0.29) is 6.42 Å². The number of carbonyl (C=O) groups is 2. The first-order chi connectivity index (χ1) is 11.6. The number of aromatic nitrogens is 1. The summed E-state index contributed by atoms with van der Waals surface area (Å²) in [7, 11) is 0. The molecule has 0 radical (unpaired) electrons. The van der Waals surface area contributed by atoms with Gasteiger partial charge in [-0.15, -0.1) is 0 Å². The summed E-state index contributed by atoms with van der Waals surface area (Å²) in [4.78, 5) is 34.3. The van der Waals surface area contributed by atoms with Crippen LogP contribution < -0.4 is 5.32 Å². The number of aryl methyl sites for hydroxylation is 1. The van der Waals surface area contributed by atoms with Gasteiger partial charge < -0.3 is 20.0 Å². The summed E-state index contributed by atoms with van der Waals surface area (Å²) in [5, 5.41) is 12.1. The van der Waals surface area contributed by atoms with Crippen LogP contribution in [0.3, 0.4) is 0 Å². The number of fused-ring (bicyclic) bond motifs is 1. The maximum atomic E-state index is 12.5. The fraction of sp³-hybridized carbons (Fsp3) is 0.389. The number of nitrogens with one attached hydrogen (secondary N) is 1. The molecule has 1 aromatic heterocycles. The number of benzene rings is 1. The number of para-hydroxylation sites is 1. The van der Waals surface area contributed by atoms with Crippen LogP contribution >= 0.6 is 0 Å². The molecule has 1 heterocycles. The average molecular weight is 602 g/mol. The summed E-state index contributed by atoms with van der Waals surface area (Å²) in [6, 6.07) is 4.37. The van der Waals surface area contributed by atoms with E-state index in [0.717, 1.165) is 10.9 Å². The van der Waals surface area contributed by atoms with Gasteiger partial charge in [-0.1, -0.05) is 18.2 Å². The monoisotopic (exact) mass is 602 g/mol. The summed E-state index contributed by atoms with van der Waals surface area (Å²) < 4.78 is 6.81. The molecule has 0 spiro atoms. The topological polar surface area (TPSA) is 97.6 Å². The van der Waals surface area contributed by atoms with Crippen LogP contribution in [0, 0.1) is 6.92 Å². The predicted molar refractivity (Wildman–Crippen MR) is 92.3 cm³/mol. The van der Waals surface area contributed by atoms with Crippen LogP contribution in [0.4, 0.5) is 4.79 Å². The summed E-state index contributed by atoms with van der Waals surface area (Å²) in [5.74, 6) is -1.17. The Morgan fingerprint density at radius 2 is 2.00 bits per heavy atom. The van der Waals surface area contributed by atoms with Crippen LogP contribution in [0.1, 0.15) is 31.9 Å². The molecule has 26 heavy (non-hydrogen) atoms. The SMILES string of the molecule is Cc1cccc2c(C[C@H](N[C-]=O)C(=O)O)cn(C(=O)OC(C)(C)C)c12.[Fm]. The third kappa shape index (κ3) is 4.17. The maximum absolute atomic E-state index is 12.5. The van der Waals surface area contributed by atoms with Gasteiger partial charge in [-0.3, -0.25) is 9.36 Å². The third-order valence-corrected chi connectivity index (χ3v) is 3.66. The minimum Gasteiger partial charge on any atom is -0.520 e. The number of carboxylic acids is 1. The second-order valence-corrected chi connectivity index (χ2v) is 6.82. The Balaban J connectivity index is 0.00000338. The Morgan fingerprint density at radius 3 is 2.54 bits per heavy atom. The van der Waals surface area contributed by atoms with Crippen molar-refractivity contribution in [1.82, 2.24) is 9.88 Å². The van der Waals surface area contributed by atoms with E-state index < -0.39 is 23.7 Å². The van der Waals surface area contributed by atoms with Gasteiger partial charge in [0, 0.05) is 18.0 Å². The van der Waals surface area contributed by atoms with E-state index in [1.54, 1.807) is 27.0 Å². The number of rotatable bonds is 5. The quantitative estimate of drug-likeness (QED) is 0.405. The second kappa shape index (κ2) is 7.38. The molecular weight excluding hydrogens is 581 g/mol. The van der Waals surface area contributed by atoms with Crippen LogP contribution in [0.2, 0.25) is 0 Å². The Labute approximate surface area is 145 Å². The van der Waals surface area contributed by atoms with Gasteiger partial charge in [0.15, 0.2) is 0 Å². The predicted octanol–water partition coefficient (Wildman–Crippen LogP) is 2.39. The van der Waals surface area contributed by atoms with E-state index in [4.69, 9.17) is 4.74 Å². The van der Waals surface area contributed by atoms with Gasteiger partial charge in [-0.2, -0.15) is 6.41 Å². The van der Waals surface area contributed by atoms with Gasteiger partial charge in [0.05, 0.1) is 5.52 Å². The molecule has 7 nitrogen and oxygen atoms in total. The molecule has 0 aliphatic carbocycles. The van der Waals surface area contributed by atoms with Crippen molar-refractivity contribution < 1.29 is 24.2 Å². The first-order valence-electron chi connectivity index (χ1n) is 7.82. The van der Waals surface area contributed by atoms with Crippen molar-refractivity contribution in [1.29, 1.82) is 0 Å². The number of nitrogens with zero attached hydrogens (tertiary/aromatic N) is 1. The van der Waals surface area contributed by atoms with Crippen LogP contribution in [-0.2, 0) is 20.7 Å². The van der Waals surface area contributed by atoms with E-state index in [2.05, 4.69) is 5.32 Å². The fourth-order valence-electron chi connectivity index (χ4n) is 2.64. The Morgan fingerprint density at radius 1 is 1.35 bits per heavy atom. The maximum Gasteiger partial charge on any atom is 0.419 e. The van der Waals surface area contributed by atoms with Crippen LogP contribution in [-0.4, -0.2) is 39.8 Å². The van der Waals surface area contributed by atoms with Gasteiger partial charge in [0.1, 0.15) is 11.6 Å². The van der Waals surface area contributed by atoms with Gasteiger partial charge in [0.2, 0.25) is 0 Å². The van der Waals surface area contributed by atoms with Crippen LogP contribution in [0.15, 0.2) is 24.4 Å². The average Bonchev–Trinajstić information content (AvgIpc) is 2.85. The first kappa shape index (κ1) is 20.2. The zero-order valence-corrected chi connectivity index (χ0v) is 17.3. The van der Waals surface area contributed by atoms with E-state index in [0.29, 0.717) is 11.1 Å². The summed E-state index contributed by atoms with van der Waals surface area (Å²) in [5.41, 5.74) is 1.48. The number of hydrogen-bond acceptors (Lipinski definition) is 4. The molecule has 1 aromatic carbocycles. The van der Waals surface area contributed by atoms with Crippen molar-refractivity contribution in [3.63, 3.8) is 0 Å². The minimum absolute atomic E-state index is 0. The molecule has 0 unspecified atom stereocenters. The third-order valence-electron chi connectivity index (χ3n) is 3.66. The Bertz CT molecular complexity index is 823. The molecular formula is C18H21FmN2O5-. The van der Waals surface area contributed by atoms with Crippen molar-refractivity contribution >= 4 is 29.4 Å². The van der Waals surface area contributed by atoms with Crippen molar-refractivity contribution in [2.75, 3.05) is 0 Å². The molecule has 0 aliphatic heterocycles. The fourth-order valence-corrected chi connectivity index (χ4v) is 2.64. The molecule has 2 rings (SSSR count). The molecule has 2 N–H and O–H groups in total. The second-order valence-electron chi connectivity index (χ2n) is 6.82. The molecule has 2 aromatic rings. The number of hydrogen-bond donors (Lipinski definition) is 2. The van der Waals surface area contributed by atoms with Crippen LogP contribution in [0.25, 0.3) is 10.9 Å². The first-order valence-corrected chi connectivity index (χ1v) is 7.82. The van der Waals surface area contributed by atoms with Gasteiger partial charge >= 0.3 is 12.1 Å². The van der Waals surface area contributed by atoms with Gasteiger partial charge in [0.25, 0.3) is 0 Å². The standard InChI is InChI=1S/C18H21N2O5.Fm/c1-11-6-5-7-13-12(8-14(16(22)23)19-10-21)9-20(15(11)13)17(24)25-18(2,3)4;/h5-7,9,14H,8H2,1-4H3,(H,19,21)(H,22,23);/q-1;/t14-;/m0./s1.